The Morgan fingerprint density at radius 3 is 2.62 bits per heavy atom. The van der Waals surface area contributed by atoms with E-state index in [9.17, 15) is 4.79 Å². The molecule has 0 fully saturated rings. The average molecular weight is 324 g/mol. The highest BCUT2D eigenvalue weighted by molar-refractivity contribution is 6.34. The first-order valence-electron chi connectivity index (χ1n) is 6.48. The van der Waals surface area contributed by atoms with Crippen LogP contribution in [0, 0.1) is 0 Å². The van der Waals surface area contributed by atoms with E-state index in [0.717, 1.165) is 5.56 Å². The number of halogens is 2. The number of benzene rings is 2. The zero-order valence-electron chi connectivity index (χ0n) is 11.5. The summed E-state index contributed by atoms with van der Waals surface area (Å²) in [6.07, 6.45) is 0. The topological polar surface area (TPSA) is 38.3 Å². The standard InChI is InChI=1S/C16H15Cl2NO2/c1-11(12-5-3-2-4-6-12)19-16(20)10-21-15-9-13(17)7-8-14(15)18/h2-9,11H,10H2,1H3,(H,19,20)/t11-/m1/s1. The van der Waals surface area contributed by atoms with Crippen molar-refractivity contribution >= 4 is 29.1 Å². The number of carbonyl (C=O) groups is 1. The molecule has 2 rings (SSSR count). The van der Waals surface area contributed by atoms with Crippen LogP contribution in [0.1, 0.15) is 18.5 Å². The molecule has 0 radical (unpaired) electrons. The summed E-state index contributed by atoms with van der Waals surface area (Å²) in [4.78, 5) is 11.9. The lowest BCUT2D eigenvalue weighted by molar-refractivity contribution is -0.123. The van der Waals surface area contributed by atoms with Gasteiger partial charge in [0.1, 0.15) is 5.75 Å². The van der Waals surface area contributed by atoms with Gasteiger partial charge in [-0.05, 0) is 24.6 Å². The van der Waals surface area contributed by atoms with Crippen molar-refractivity contribution in [2.24, 2.45) is 0 Å². The van der Waals surface area contributed by atoms with E-state index in [1.807, 2.05) is 37.3 Å². The number of ether oxygens (including phenoxy) is 1. The summed E-state index contributed by atoms with van der Waals surface area (Å²) in [6, 6.07) is 14.5. The number of amides is 1. The van der Waals surface area contributed by atoms with Crippen LogP contribution >= 0.6 is 23.2 Å². The molecule has 0 saturated heterocycles. The smallest absolute Gasteiger partial charge is 0.258 e. The van der Waals surface area contributed by atoms with Crippen molar-refractivity contribution in [2.45, 2.75) is 13.0 Å². The van der Waals surface area contributed by atoms with Crippen LogP contribution in [0.3, 0.4) is 0 Å². The second kappa shape index (κ2) is 7.34. The first-order chi connectivity index (χ1) is 10.1. The molecule has 0 unspecified atom stereocenters. The Hall–Kier alpha value is -1.71. The lowest BCUT2D eigenvalue weighted by Gasteiger charge is -2.15. The first-order valence-corrected chi connectivity index (χ1v) is 7.24. The van der Waals surface area contributed by atoms with Crippen molar-refractivity contribution in [1.82, 2.24) is 5.32 Å². The van der Waals surface area contributed by atoms with Crippen LogP contribution in [0.2, 0.25) is 10.0 Å². The van der Waals surface area contributed by atoms with Gasteiger partial charge in [-0.15, -0.1) is 0 Å². The molecule has 0 aliphatic carbocycles. The third-order valence-corrected chi connectivity index (χ3v) is 3.48. The maximum absolute atomic E-state index is 11.9. The second-order valence-corrected chi connectivity index (χ2v) is 5.41. The molecular weight excluding hydrogens is 309 g/mol. The van der Waals surface area contributed by atoms with Crippen LogP contribution in [0.25, 0.3) is 0 Å². The van der Waals surface area contributed by atoms with Crippen molar-refractivity contribution in [1.29, 1.82) is 0 Å². The van der Waals surface area contributed by atoms with Gasteiger partial charge in [0.25, 0.3) is 5.91 Å². The highest BCUT2D eigenvalue weighted by Crippen LogP contribution is 2.27. The monoisotopic (exact) mass is 323 g/mol. The van der Waals surface area contributed by atoms with Crippen LogP contribution in [-0.2, 0) is 4.79 Å². The number of hydrogen-bond acceptors (Lipinski definition) is 2. The lowest BCUT2D eigenvalue weighted by Crippen LogP contribution is -2.31. The van der Waals surface area contributed by atoms with Gasteiger partial charge in [0.05, 0.1) is 11.1 Å². The molecular formula is C16H15Cl2NO2. The largest absolute Gasteiger partial charge is 0.482 e. The summed E-state index contributed by atoms with van der Waals surface area (Å²) in [5.41, 5.74) is 1.03. The molecule has 0 bridgehead atoms. The summed E-state index contributed by atoms with van der Waals surface area (Å²) in [5.74, 6) is 0.175. The third kappa shape index (κ3) is 4.66. The fourth-order valence-electron chi connectivity index (χ4n) is 1.84. The molecule has 0 spiro atoms. The quantitative estimate of drug-likeness (QED) is 0.893. The van der Waals surface area contributed by atoms with E-state index in [4.69, 9.17) is 27.9 Å². The molecule has 5 heteroatoms. The molecule has 2 aromatic rings. The van der Waals surface area contributed by atoms with Crippen LogP contribution in [-0.4, -0.2) is 12.5 Å². The number of rotatable bonds is 5. The highest BCUT2D eigenvalue weighted by Gasteiger charge is 2.11. The fourth-order valence-corrected chi connectivity index (χ4v) is 2.17. The van der Waals surface area contributed by atoms with Crippen molar-refractivity contribution < 1.29 is 9.53 Å². The van der Waals surface area contributed by atoms with E-state index in [0.29, 0.717) is 15.8 Å². The van der Waals surface area contributed by atoms with Gasteiger partial charge in [-0.1, -0.05) is 53.5 Å². The van der Waals surface area contributed by atoms with Crippen LogP contribution in [0.5, 0.6) is 5.75 Å². The maximum Gasteiger partial charge on any atom is 0.258 e. The number of nitrogens with one attached hydrogen (secondary N) is 1. The van der Waals surface area contributed by atoms with Gasteiger partial charge in [0, 0.05) is 11.1 Å². The summed E-state index contributed by atoms with van der Waals surface area (Å²) in [5, 5.41) is 3.79. The highest BCUT2D eigenvalue weighted by atomic mass is 35.5. The van der Waals surface area contributed by atoms with E-state index < -0.39 is 0 Å². The van der Waals surface area contributed by atoms with E-state index in [2.05, 4.69) is 5.32 Å². The molecule has 0 heterocycles. The molecule has 1 atom stereocenters. The van der Waals surface area contributed by atoms with Gasteiger partial charge in [0.2, 0.25) is 0 Å². The van der Waals surface area contributed by atoms with Crippen molar-refractivity contribution in [3.05, 3.63) is 64.1 Å². The van der Waals surface area contributed by atoms with Crippen LogP contribution in [0.15, 0.2) is 48.5 Å². The van der Waals surface area contributed by atoms with Crippen molar-refractivity contribution in [3.8, 4) is 5.75 Å². The van der Waals surface area contributed by atoms with Gasteiger partial charge >= 0.3 is 0 Å². The minimum Gasteiger partial charge on any atom is -0.482 e. The van der Waals surface area contributed by atoms with Crippen molar-refractivity contribution in [2.75, 3.05) is 6.61 Å². The van der Waals surface area contributed by atoms with Crippen molar-refractivity contribution in [3.63, 3.8) is 0 Å². The molecule has 21 heavy (non-hydrogen) atoms. The zero-order valence-corrected chi connectivity index (χ0v) is 13.0. The summed E-state index contributed by atoms with van der Waals surface area (Å²) in [6.45, 7) is 1.80. The predicted octanol–water partition coefficient (Wildman–Crippen LogP) is 4.25. The summed E-state index contributed by atoms with van der Waals surface area (Å²) >= 11 is 11.8. The van der Waals surface area contributed by atoms with Gasteiger partial charge in [-0.25, -0.2) is 0 Å². The second-order valence-electron chi connectivity index (χ2n) is 4.56. The average Bonchev–Trinajstić information content (AvgIpc) is 2.49. The SMILES string of the molecule is C[C@@H](NC(=O)COc1cc(Cl)ccc1Cl)c1ccccc1. The van der Waals surface area contributed by atoms with Gasteiger partial charge < -0.3 is 10.1 Å². The number of carbonyl (C=O) groups excluding carboxylic acids is 1. The molecule has 2 aromatic carbocycles. The Bertz CT molecular complexity index is 617. The Morgan fingerprint density at radius 2 is 1.90 bits per heavy atom. The normalized spacial score (nSPS) is 11.8. The molecule has 1 N–H and O–H groups in total. The molecule has 110 valence electrons. The van der Waals surface area contributed by atoms with E-state index in [1.54, 1.807) is 18.2 Å². The Kier molecular flexibility index (Phi) is 5.48. The summed E-state index contributed by atoms with van der Waals surface area (Å²) in [7, 11) is 0. The minimum absolute atomic E-state index is 0.0860. The van der Waals surface area contributed by atoms with E-state index >= 15 is 0 Å². The molecule has 1 amide bonds. The molecule has 3 nitrogen and oxygen atoms in total. The fraction of sp³-hybridized carbons (Fsp3) is 0.188. The first kappa shape index (κ1) is 15.7. The Morgan fingerprint density at radius 1 is 1.19 bits per heavy atom. The van der Waals surface area contributed by atoms with Gasteiger partial charge in [-0.3, -0.25) is 4.79 Å². The minimum atomic E-state index is -0.220. The molecule has 0 aliphatic heterocycles. The predicted molar refractivity (Wildman–Crippen MR) is 85.0 cm³/mol. The molecule has 0 aliphatic rings. The maximum atomic E-state index is 11.9. The summed E-state index contributed by atoms with van der Waals surface area (Å²) < 4.78 is 5.39. The van der Waals surface area contributed by atoms with E-state index in [-0.39, 0.29) is 18.6 Å². The number of hydrogen-bond donors (Lipinski definition) is 1. The Labute approximate surface area is 133 Å². The Balaban J connectivity index is 1.89. The van der Waals surface area contributed by atoms with Gasteiger partial charge in [0.15, 0.2) is 6.61 Å². The molecule has 0 aromatic heterocycles. The van der Waals surface area contributed by atoms with Crippen LogP contribution < -0.4 is 10.1 Å². The lowest BCUT2D eigenvalue weighted by atomic mass is 10.1. The third-order valence-electron chi connectivity index (χ3n) is 2.93. The zero-order chi connectivity index (χ0) is 15.2. The van der Waals surface area contributed by atoms with Gasteiger partial charge in [-0.2, -0.15) is 0 Å². The van der Waals surface area contributed by atoms with E-state index in [1.165, 1.54) is 0 Å². The van der Waals surface area contributed by atoms with Crippen LogP contribution in [0.4, 0.5) is 0 Å². The molecule has 0 saturated carbocycles.